The van der Waals surface area contributed by atoms with E-state index in [1.807, 2.05) is 0 Å². The van der Waals surface area contributed by atoms with Crippen molar-refractivity contribution in [2.45, 2.75) is 25.9 Å². The normalized spacial score (nSPS) is 12.5. The Hall–Kier alpha value is -0.610. The van der Waals surface area contributed by atoms with Crippen LogP contribution >= 0.6 is 15.9 Å². The molecule has 0 aliphatic rings. The minimum Gasteiger partial charge on any atom is -0.489 e. The molecule has 0 amide bonds. The Morgan fingerprint density at radius 1 is 1.53 bits per heavy atom. The molecule has 1 unspecified atom stereocenters. The summed E-state index contributed by atoms with van der Waals surface area (Å²) in [7, 11) is 0. The first-order valence-electron chi connectivity index (χ1n) is 4.99. The molecule has 2 N–H and O–H groups in total. The highest BCUT2D eigenvalue weighted by molar-refractivity contribution is 9.10. The Bertz CT molecular complexity index is 319. The quantitative estimate of drug-likeness (QED) is 0.896. The van der Waals surface area contributed by atoms with E-state index in [9.17, 15) is 4.39 Å². The Morgan fingerprint density at radius 2 is 2.27 bits per heavy atom. The molecule has 1 rings (SSSR count). The van der Waals surface area contributed by atoms with Crippen molar-refractivity contribution < 1.29 is 9.13 Å². The van der Waals surface area contributed by atoms with Crippen molar-refractivity contribution in [1.29, 1.82) is 0 Å². The molecular weight excluding hydrogens is 261 g/mol. The van der Waals surface area contributed by atoms with E-state index in [2.05, 4.69) is 22.9 Å². The molecular formula is C11H15BrFNO. The fourth-order valence-electron chi connectivity index (χ4n) is 1.29. The number of hydrogen-bond acceptors (Lipinski definition) is 2. The average Bonchev–Trinajstić information content (AvgIpc) is 2.23. The molecule has 0 saturated carbocycles. The molecule has 4 heteroatoms. The van der Waals surface area contributed by atoms with E-state index < -0.39 is 0 Å². The van der Waals surface area contributed by atoms with Crippen LogP contribution in [-0.2, 0) is 0 Å². The monoisotopic (exact) mass is 275 g/mol. The maximum Gasteiger partial charge on any atom is 0.141 e. The summed E-state index contributed by atoms with van der Waals surface area (Å²) in [6.07, 6.45) is 1.85. The number of ether oxygens (including phenoxy) is 1. The van der Waals surface area contributed by atoms with Gasteiger partial charge in [0.15, 0.2) is 0 Å². The minimum atomic E-state index is -0.320. The van der Waals surface area contributed by atoms with Gasteiger partial charge < -0.3 is 10.5 Å². The second-order valence-electron chi connectivity index (χ2n) is 3.34. The minimum absolute atomic E-state index is 0.0319. The van der Waals surface area contributed by atoms with Crippen LogP contribution in [0, 0.1) is 5.82 Å². The third-order valence-corrected chi connectivity index (χ3v) is 2.71. The molecule has 0 aliphatic carbocycles. The van der Waals surface area contributed by atoms with Crippen molar-refractivity contribution in [2.75, 3.05) is 6.54 Å². The van der Waals surface area contributed by atoms with Gasteiger partial charge in [0.05, 0.1) is 4.47 Å². The first-order chi connectivity index (χ1) is 7.17. The van der Waals surface area contributed by atoms with Gasteiger partial charge in [0.2, 0.25) is 0 Å². The third-order valence-electron chi connectivity index (χ3n) is 2.07. The highest BCUT2D eigenvalue weighted by atomic mass is 79.9. The number of benzene rings is 1. The smallest absolute Gasteiger partial charge is 0.141 e. The molecule has 0 bridgehead atoms. The number of hydrogen-bond donors (Lipinski definition) is 1. The first-order valence-corrected chi connectivity index (χ1v) is 5.78. The maximum absolute atomic E-state index is 13.2. The van der Waals surface area contributed by atoms with Crippen molar-refractivity contribution in [3.8, 4) is 5.75 Å². The topological polar surface area (TPSA) is 35.2 Å². The van der Waals surface area contributed by atoms with Crippen LogP contribution < -0.4 is 10.5 Å². The van der Waals surface area contributed by atoms with Gasteiger partial charge in [0.25, 0.3) is 0 Å². The largest absolute Gasteiger partial charge is 0.489 e. The van der Waals surface area contributed by atoms with Crippen LogP contribution in [0.1, 0.15) is 19.8 Å². The molecule has 1 atom stereocenters. The van der Waals surface area contributed by atoms with Crippen LogP contribution in [0.3, 0.4) is 0 Å². The summed E-state index contributed by atoms with van der Waals surface area (Å²) in [6.45, 7) is 2.51. The van der Waals surface area contributed by atoms with Gasteiger partial charge in [-0.15, -0.1) is 0 Å². The zero-order valence-corrected chi connectivity index (χ0v) is 10.3. The van der Waals surface area contributed by atoms with Crippen molar-refractivity contribution >= 4 is 15.9 Å². The van der Waals surface area contributed by atoms with Crippen LogP contribution in [0.25, 0.3) is 0 Å². The molecule has 1 aromatic carbocycles. The van der Waals surface area contributed by atoms with Gasteiger partial charge in [0, 0.05) is 12.6 Å². The molecule has 2 nitrogen and oxygen atoms in total. The molecule has 0 aromatic heterocycles. The highest BCUT2D eigenvalue weighted by Crippen LogP contribution is 2.22. The van der Waals surface area contributed by atoms with Crippen molar-refractivity contribution in [1.82, 2.24) is 0 Å². The Balaban J connectivity index is 2.66. The Kier molecular flexibility index (Phi) is 5.05. The lowest BCUT2D eigenvalue weighted by atomic mass is 10.2. The summed E-state index contributed by atoms with van der Waals surface area (Å²) < 4.78 is 19.2. The van der Waals surface area contributed by atoms with Crippen molar-refractivity contribution in [2.24, 2.45) is 5.73 Å². The SMILES string of the molecule is CCCC(CN)Oc1ccc(Br)c(F)c1. The number of halogens is 2. The fourth-order valence-corrected chi connectivity index (χ4v) is 1.54. The van der Waals surface area contributed by atoms with E-state index in [1.165, 1.54) is 6.07 Å². The molecule has 0 heterocycles. The van der Waals surface area contributed by atoms with Crippen LogP contribution in [0.4, 0.5) is 4.39 Å². The molecule has 0 fully saturated rings. The second-order valence-corrected chi connectivity index (χ2v) is 4.19. The lowest BCUT2D eigenvalue weighted by molar-refractivity contribution is 0.197. The van der Waals surface area contributed by atoms with E-state index >= 15 is 0 Å². The molecule has 0 aliphatic heterocycles. The molecule has 15 heavy (non-hydrogen) atoms. The van der Waals surface area contributed by atoms with E-state index in [4.69, 9.17) is 10.5 Å². The second kappa shape index (κ2) is 6.08. The van der Waals surface area contributed by atoms with Gasteiger partial charge in [0.1, 0.15) is 17.7 Å². The summed E-state index contributed by atoms with van der Waals surface area (Å²) >= 11 is 3.09. The summed E-state index contributed by atoms with van der Waals surface area (Å²) in [5.41, 5.74) is 5.55. The lowest BCUT2D eigenvalue weighted by Gasteiger charge is -2.16. The Morgan fingerprint density at radius 3 is 2.80 bits per heavy atom. The van der Waals surface area contributed by atoms with Crippen LogP contribution in [0.15, 0.2) is 22.7 Å². The average molecular weight is 276 g/mol. The van der Waals surface area contributed by atoms with E-state index in [0.29, 0.717) is 16.8 Å². The predicted octanol–water partition coefficient (Wildman–Crippen LogP) is 3.09. The van der Waals surface area contributed by atoms with Crippen LogP contribution in [-0.4, -0.2) is 12.6 Å². The summed E-state index contributed by atoms with van der Waals surface area (Å²) in [5, 5.41) is 0. The summed E-state index contributed by atoms with van der Waals surface area (Å²) in [6, 6.07) is 4.72. The fraction of sp³-hybridized carbons (Fsp3) is 0.455. The van der Waals surface area contributed by atoms with Gasteiger partial charge in [-0.3, -0.25) is 0 Å². The highest BCUT2D eigenvalue weighted by Gasteiger charge is 2.08. The van der Waals surface area contributed by atoms with E-state index in [0.717, 1.165) is 12.8 Å². The van der Waals surface area contributed by atoms with Crippen molar-refractivity contribution in [3.05, 3.63) is 28.5 Å². The zero-order chi connectivity index (χ0) is 11.3. The third kappa shape index (κ3) is 3.80. The lowest BCUT2D eigenvalue weighted by Crippen LogP contribution is -2.26. The van der Waals surface area contributed by atoms with Gasteiger partial charge in [-0.2, -0.15) is 0 Å². The standard InChI is InChI=1S/C11H15BrFNO/c1-2-3-9(7-14)15-8-4-5-10(12)11(13)6-8/h4-6,9H,2-3,7,14H2,1H3. The van der Waals surface area contributed by atoms with Crippen LogP contribution in [0.5, 0.6) is 5.75 Å². The van der Waals surface area contributed by atoms with E-state index in [-0.39, 0.29) is 11.9 Å². The number of rotatable bonds is 5. The zero-order valence-electron chi connectivity index (χ0n) is 8.67. The van der Waals surface area contributed by atoms with Crippen LogP contribution in [0.2, 0.25) is 0 Å². The molecule has 0 saturated heterocycles. The predicted molar refractivity (Wildman–Crippen MR) is 62.5 cm³/mol. The number of nitrogens with two attached hydrogens (primary N) is 1. The van der Waals surface area contributed by atoms with Crippen molar-refractivity contribution in [3.63, 3.8) is 0 Å². The summed E-state index contributed by atoms with van der Waals surface area (Å²) in [5.74, 6) is 0.208. The van der Waals surface area contributed by atoms with Gasteiger partial charge in [-0.25, -0.2) is 4.39 Å². The summed E-state index contributed by atoms with van der Waals surface area (Å²) in [4.78, 5) is 0. The molecule has 84 valence electrons. The van der Waals surface area contributed by atoms with Gasteiger partial charge >= 0.3 is 0 Å². The Labute approximate surface area is 97.7 Å². The van der Waals surface area contributed by atoms with E-state index in [1.54, 1.807) is 12.1 Å². The first kappa shape index (κ1) is 12.5. The molecule has 0 spiro atoms. The van der Waals surface area contributed by atoms with Gasteiger partial charge in [-0.1, -0.05) is 13.3 Å². The molecule has 1 aromatic rings. The van der Waals surface area contributed by atoms with Gasteiger partial charge in [-0.05, 0) is 34.5 Å². The molecule has 0 radical (unpaired) electrons. The maximum atomic E-state index is 13.2.